The van der Waals surface area contributed by atoms with Crippen LogP contribution in [0.25, 0.3) is 0 Å². The summed E-state index contributed by atoms with van der Waals surface area (Å²) in [6.07, 6.45) is 2.67. The highest BCUT2D eigenvalue weighted by molar-refractivity contribution is 4.88. The van der Waals surface area contributed by atoms with Gasteiger partial charge in [-0.05, 0) is 32.6 Å². The van der Waals surface area contributed by atoms with Crippen molar-refractivity contribution in [3.63, 3.8) is 0 Å². The van der Waals surface area contributed by atoms with Gasteiger partial charge in [0.2, 0.25) is 0 Å². The predicted molar refractivity (Wildman–Crippen MR) is 70.1 cm³/mol. The van der Waals surface area contributed by atoms with E-state index in [9.17, 15) is 0 Å². The third-order valence-corrected chi connectivity index (χ3v) is 3.33. The summed E-state index contributed by atoms with van der Waals surface area (Å²) in [5, 5.41) is 0. The van der Waals surface area contributed by atoms with Gasteiger partial charge >= 0.3 is 0 Å². The van der Waals surface area contributed by atoms with E-state index in [-0.39, 0.29) is 0 Å². The molecule has 1 saturated carbocycles. The molecule has 1 aliphatic carbocycles. The van der Waals surface area contributed by atoms with E-state index in [1.165, 1.54) is 12.8 Å². The Morgan fingerprint density at radius 2 is 1.65 bits per heavy atom. The lowest BCUT2D eigenvalue weighted by Gasteiger charge is -2.30. The molecule has 1 fully saturated rings. The maximum absolute atomic E-state index is 5.90. The van der Waals surface area contributed by atoms with Crippen molar-refractivity contribution in [2.45, 2.75) is 32.7 Å². The van der Waals surface area contributed by atoms with Gasteiger partial charge in [-0.2, -0.15) is 0 Å². The van der Waals surface area contributed by atoms with Crippen LogP contribution in [0.3, 0.4) is 0 Å². The Bertz CT molecular complexity index is 176. The molecule has 0 spiro atoms. The van der Waals surface area contributed by atoms with E-state index in [1.54, 1.807) is 0 Å². The summed E-state index contributed by atoms with van der Waals surface area (Å²) in [4.78, 5) is 2.45. The van der Waals surface area contributed by atoms with E-state index in [1.807, 2.05) is 13.8 Å². The average molecular weight is 244 g/mol. The smallest absolute Gasteiger partial charge is 0.0593 e. The van der Waals surface area contributed by atoms with Crippen molar-refractivity contribution < 1.29 is 9.47 Å². The van der Waals surface area contributed by atoms with Gasteiger partial charge in [-0.1, -0.05) is 0 Å². The molecular formula is C13H28N2O2. The minimum absolute atomic E-state index is 0.524. The van der Waals surface area contributed by atoms with Crippen LogP contribution in [-0.2, 0) is 9.47 Å². The van der Waals surface area contributed by atoms with E-state index in [2.05, 4.69) is 4.90 Å². The third-order valence-electron chi connectivity index (χ3n) is 3.33. The van der Waals surface area contributed by atoms with Gasteiger partial charge in [0.1, 0.15) is 0 Å². The molecule has 1 aliphatic rings. The number of nitrogens with two attached hydrogens (primary N) is 1. The summed E-state index contributed by atoms with van der Waals surface area (Å²) in [6.45, 7) is 9.93. The van der Waals surface area contributed by atoms with Crippen LogP contribution in [0.1, 0.15) is 26.7 Å². The molecule has 4 nitrogen and oxygen atoms in total. The lowest BCUT2D eigenvalue weighted by Crippen LogP contribution is -2.45. The maximum Gasteiger partial charge on any atom is 0.0593 e. The van der Waals surface area contributed by atoms with Crippen molar-refractivity contribution in [3.05, 3.63) is 0 Å². The quantitative estimate of drug-likeness (QED) is 0.553. The zero-order chi connectivity index (χ0) is 12.5. The largest absolute Gasteiger partial charge is 0.380 e. The Hall–Kier alpha value is -0.160. The van der Waals surface area contributed by atoms with E-state index < -0.39 is 0 Å². The molecule has 0 aromatic rings. The van der Waals surface area contributed by atoms with Crippen molar-refractivity contribution in [2.24, 2.45) is 11.7 Å². The molecule has 0 radical (unpaired) electrons. The zero-order valence-corrected chi connectivity index (χ0v) is 11.4. The standard InChI is InChI=1S/C13H28N2O2/c1-3-16-9-7-15(8-10-17-4-2)13(11-14)12-5-6-12/h12-13H,3-11,14H2,1-2H3. The Balaban J connectivity index is 2.32. The van der Waals surface area contributed by atoms with E-state index in [0.29, 0.717) is 6.04 Å². The number of hydrogen-bond donors (Lipinski definition) is 1. The predicted octanol–water partition coefficient (Wildman–Crippen LogP) is 1.10. The van der Waals surface area contributed by atoms with Gasteiger partial charge < -0.3 is 15.2 Å². The third kappa shape index (κ3) is 5.82. The molecule has 0 amide bonds. The van der Waals surface area contributed by atoms with Crippen molar-refractivity contribution >= 4 is 0 Å². The van der Waals surface area contributed by atoms with Gasteiger partial charge in [0.15, 0.2) is 0 Å². The highest BCUT2D eigenvalue weighted by atomic mass is 16.5. The number of rotatable bonds is 11. The molecule has 0 bridgehead atoms. The fourth-order valence-electron chi connectivity index (χ4n) is 2.22. The molecule has 0 saturated heterocycles. The lowest BCUT2D eigenvalue weighted by atomic mass is 10.1. The van der Waals surface area contributed by atoms with Crippen LogP contribution < -0.4 is 5.73 Å². The summed E-state index contributed by atoms with van der Waals surface area (Å²) >= 11 is 0. The van der Waals surface area contributed by atoms with Crippen molar-refractivity contribution in [2.75, 3.05) is 46.1 Å². The number of nitrogens with zero attached hydrogens (tertiary/aromatic N) is 1. The van der Waals surface area contributed by atoms with Crippen molar-refractivity contribution in [1.29, 1.82) is 0 Å². The van der Waals surface area contributed by atoms with Crippen molar-refractivity contribution in [3.8, 4) is 0 Å². The van der Waals surface area contributed by atoms with Crippen LogP contribution in [0.4, 0.5) is 0 Å². The summed E-state index contributed by atoms with van der Waals surface area (Å²) in [7, 11) is 0. The Morgan fingerprint density at radius 1 is 1.12 bits per heavy atom. The SMILES string of the molecule is CCOCCN(CCOCC)C(CN)C1CC1. The highest BCUT2D eigenvalue weighted by Crippen LogP contribution is 2.34. The molecule has 1 rings (SSSR count). The van der Waals surface area contributed by atoms with Gasteiger partial charge in [-0.15, -0.1) is 0 Å². The second-order valence-corrected chi connectivity index (χ2v) is 4.57. The van der Waals surface area contributed by atoms with Crippen molar-refractivity contribution in [1.82, 2.24) is 4.90 Å². The first-order chi connectivity index (χ1) is 8.33. The number of ether oxygens (including phenoxy) is 2. The minimum atomic E-state index is 0.524. The summed E-state index contributed by atoms with van der Waals surface area (Å²) in [5.41, 5.74) is 5.90. The first-order valence-corrected chi connectivity index (χ1v) is 6.93. The fraction of sp³-hybridized carbons (Fsp3) is 1.00. The monoisotopic (exact) mass is 244 g/mol. The summed E-state index contributed by atoms with van der Waals surface area (Å²) in [6, 6.07) is 0.524. The van der Waals surface area contributed by atoms with Crippen LogP contribution in [0.2, 0.25) is 0 Å². The molecule has 0 aromatic carbocycles. The van der Waals surface area contributed by atoms with Crippen LogP contribution in [0, 0.1) is 5.92 Å². The molecule has 102 valence electrons. The Morgan fingerprint density at radius 3 is 2.00 bits per heavy atom. The number of hydrogen-bond acceptors (Lipinski definition) is 4. The minimum Gasteiger partial charge on any atom is -0.380 e. The summed E-state index contributed by atoms with van der Waals surface area (Å²) in [5.74, 6) is 0.809. The second-order valence-electron chi connectivity index (χ2n) is 4.57. The molecule has 2 N–H and O–H groups in total. The van der Waals surface area contributed by atoms with E-state index in [4.69, 9.17) is 15.2 Å². The van der Waals surface area contributed by atoms with E-state index in [0.717, 1.165) is 52.0 Å². The van der Waals surface area contributed by atoms with Crippen LogP contribution in [-0.4, -0.2) is 57.0 Å². The highest BCUT2D eigenvalue weighted by Gasteiger charge is 2.33. The molecule has 1 unspecified atom stereocenters. The normalized spacial score (nSPS) is 17.6. The van der Waals surface area contributed by atoms with Gasteiger partial charge in [0, 0.05) is 38.9 Å². The topological polar surface area (TPSA) is 47.7 Å². The fourth-order valence-corrected chi connectivity index (χ4v) is 2.22. The van der Waals surface area contributed by atoms with Gasteiger partial charge in [0.25, 0.3) is 0 Å². The van der Waals surface area contributed by atoms with Gasteiger partial charge in [-0.3, -0.25) is 4.90 Å². The Labute approximate surface area is 105 Å². The molecule has 17 heavy (non-hydrogen) atoms. The maximum atomic E-state index is 5.90. The first-order valence-electron chi connectivity index (χ1n) is 6.93. The molecule has 1 atom stereocenters. The molecule has 0 aromatic heterocycles. The second kappa shape index (κ2) is 8.86. The van der Waals surface area contributed by atoms with Crippen LogP contribution in [0.5, 0.6) is 0 Å². The van der Waals surface area contributed by atoms with E-state index >= 15 is 0 Å². The van der Waals surface area contributed by atoms with Crippen LogP contribution in [0.15, 0.2) is 0 Å². The molecule has 0 aliphatic heterocycles. The van der Waals surface area contributed by atoms with Crippen LogP contribution >= 0.6 is 0 Å². The molecule has 4 heteroatoms. The Kier molecular flexibility index (Phi) is 7.77. The molecule has 0 heterocycles. The zero-order valence-electron chi connectivity index (χ0n) is 11.4. The molecular weight excluding hydrogens is 216 g/mol. The van der Waals surface area contributed by atoms with Gasteiger partial charge in [-0.25, -0.2) is 0 Å². The summed E-state index contributed by atoms with van der Waals surface area (Å²) < 4.78 is 10.9. The average Bonchev–Trinajstić information content (AvgIpc) is 3.14. The van der Waals surface area contributed by atoms with Gasteiger partial charge in [0.05, 0.1) is 13.2 Å². The first kappa shape index (κ1) is 14.9. The lowest BCUT2D eigenvalue weighted by molar-refractivity contribution is 0.0592.